The van der Waals surface area contributed by atoms with E-state index in [1.807, 2.05) is 42.1 Å². The van der Waals surface area contributed by atoms with Gasteiger partial charge in [-0.3, -0.25) is 4.79 Å². The smallest absolute Gasteiger partial charge is 0.235 e. The Labute approximate surface area is 175 Å². The second-order valence-electron chi connectivity index (χ2n) is 7.24. The van der Waals surface area contributed by atoms with Crippen LogP contribution in [0.25, 0.3) is 0 Å². The lowest BCUT2D eigenvalue weighted by molar-refractivity contribution is -0.113. The number of thioether (sulfide) groups is 1. The first kappa shape index (κ1) is 19.6. The largest absolute Gasteiger partial charge is 0.497 e. The summed E-state index contributed by atoms with van der Waals surface area (Å²) < 4.78 is 7.16. The Morgan fingerprint density at radius 2 is 2.03 bits per heavy atom. The van der Waals surface area contributed by atoms with Gasteiger partial charge in [0.2, 0.25) is 5.91 Å². The minimum Gasteiger partial charge on any atom is -0.497 e. The Kier molecular flexibility index (Phi) is 5.90. The van der Waals surface area contributed by atoms with Crippen LogP contribution in [-0.4, -0.2) is 28.6 Å². The lowest BCUT2D eigenvalue weighted by Gasteiger charge is -2.27. The molecular weight excluding hydrogens is 382 g/mol. The van der Waals surface area contributed by atoms with Crippen LogP contribution in [0.3, 0.4) is 0 Å². The number of amides is 1. The molecule has 3 aromatic rings. The molecule has 0 aliphatic heterocycles. The summed E-state index contributed by atoms with van der Waals surface area (Å²) in [5.74, 6) is 1.93. The van der Waals surface area contributed by atoms with Crippen molar-refractivity contribution in [1.29, 1.82) is 0 Å². The molecule has 1 unspecified atom stereocenters. The van der Waals surface area contributed by atoms with Crippen LogP contribution < -0.4 is 10.1 Å². The van der Waals surface area contributed by atoms with Crippen LogP contribution in [0.15, 0.2) is 59.6 Å². The van der Waals surface area contributed by atoms with Crippen LogP contribution in [0.1, 0.15) is 35.6 Å². The molecule has 0 fully saturated rings. The number of benzene rings is 2. The summed E-state index contributed by atoms with van der Waals surface area (Å²) in [7, 11) is 1.64. The average molecular weight is 408 g/mol. The molecule has 4 rings (SSSR count). The zero-order chi connectivity index (χ0) is 20.2. The summed E-state index contributed by atoms with van der Waals surface area (Å²) in [5.41, 5.74) is 3.67. The van der Waals surface area contributed by atoms with Crippen molar-refractivity contribution in [3.05, 3.63) is 71.4 Å². The van der Waals surface area contributed by atoms with Crippen LogP contribution in [0, 0.1) is 6.92 Å². The van der Waals surface area contributed by atoms with Crippen molar-refractivity contribution in [2.75, 3.05) is 18.2 Å². The van der Waals surface area contributed by atoms with Gasteiger partial charge in [-0.1, -0.05) is 24.3 Å². The molecule has 1 aromatic heterocycles. The number of hydrogen-bond acceptors (Lipinski definition) is 4. The fourth-order valence-electron chi connectivity index (χ4n) is 3.81. The Balaban J connectivity index is 1.47. The first-order valence-electron chi connectivity index (χ1n) is 9.84. The SMILES string of the molecule is COc1ccc(SCC(=O)Nc2c(C)cnn2C2CCCc3ccccc32)cc1. The Bertz CT molecular complexity index is 998. The second-order valence-corrected chi connectivity index (χ2v) is 8.29. The highest BCUT2D eigenvalue weighted by Gasteiger charge is 2.25. The number of carbonyl (C=O) groups excluding carboxylic acids is 1. The Hall–Kier alpha value is -2.73. The summed E-state index contributed by atoms with van der Waals surface area (Å²) in [6.45, 7) is 1.99. The molecule has 1 heterocycles. The molecule has 1 amide bonds. The molecule has 1 N–H and O–H groups in total. The predicted molar refractivity (Wildman–Crippen MR) is 117 cm³/mol. The van der Waals surface area contributed by atoms with Crippen LogP contribution in [0.4, 0.5) is 5.82 Å². The number of ether oxygens (including phenoxy) is 1. The van der Waals surface area contributed by atoms with Gasteiger partial charge in [-0.05, 0) is 61.6 Å². The molecule has 1 aliphatic carbocycles. The van der Waals surface area contributed by atoms with E-state index in [0.29, 0.717) is 5.75 Å². The van der Waals surface area contributed by atoms with Crippen LogP contribution in [0.2, 0.25) is 0 Å². The second kappa shape index (κ2) is 8.74. The molecule has 0 bridgehead atoms. The van der Waals surface area contributed by atoms with Crippen LogP contribution in [0.5, 0.6) is 5.75 Å². The number of nitrogens with one attached hydrogen (secondary N) is 1. The molecule has 0 spiro atoms. The quantitative estimate of drug-likeness (QED) is 0.593. The maximum Gasteiger partial charge on any atom is 0.235 e. The van der Waals surface area contributed by atoms with Crippen LogP contribution in [-0.2, 0) is 11.2 Å². The van der Waals surface area contributed by atoms with E-state index in [1.54, 1.807) is 7.11 Å². The highest BCUT2D eigenvalue weighted by atomic mass is 32.2. The molecule has 0 radical (unpaired) electrons. The van der Waals surface area contributed by atoms with Crippen molar-refractivity contribution in [3.63, 3.8) is 0 Å². The maximum atomic E-state index is 12.6. The summed E-state index contributed by atoms with van der Waals surface area (Å²) in [4.78, 5) is 13.7. The van der Waals surface area contributed by atoms with Crippen LogP contribution >= 0.6 is 11.8 Å². The monoisotopic (exact) mass is 407 g/mol. The van der Waals surface area contributed by atoms with E-state index in [2.05, 4.69) is 34.7 Å². The minimum atomic E-state index is -0.0280. The summed E-state index contributed by atoms with van der Waals surface area (Å²) in [6.07, 6.45) is 5.10. The normalized spacial score (nSPS) is 15.6. The molecule has 0 saturated heterocycles. The summed E-state index contributed by atoms with van der Waals surface area (Å²) in [5, 5.41) is 7.71. The van der Waals surface area contributed by atoms with Crippen molar-refractivity contribution in [2.24, 2.45) is 0 Å². The lowest BCUT2D eigenvalue weighted by Crippen LogP contribution is -2.23. The van der Waals surface area contributed by atoms with E-state index < -0.39 is 0 Å². The average Bonchev–Trinajstić information content (AvgIpc) is 3.12. The molecule has 150 valence electrons. The van der Waals surface area contributed by atoms with Gasteiger partial charge < -0.3 is 10.1 Å². The molecule has 5 nitrogen and oxygen atoms in total. The van der Waals surface area contributed by atoms with E-state index in [9.17, 15) is 4.79 Å². The van der Waals surface area contributed by atoms with E-state index in [0.717, 1.165) is 41.3 Å². The fraction of sp³-hybridized carbons (Fsp3) is 0.304. The third-order valence-corrected chi connectivity index (χ3v) is 6.31. The van der Waals surface area contributed by atoms with Crippen molar-refractivity contribution < 1.29 is 9.53 Å². The van der Waals surface area contributed by atoms with Gasteiger partial charge in [-0.2, -0.15) is 5.10 Å². The molecule has 1 atom stereocenters. The van der Waals surface area contributed by atoms with Gasteiger partial charge >= 0.3 is 0 Å². The van der Waals surface area contributed by atoms with Gasteiger partial charge in [-0.25, -0.2) is 4.68 Å². The van der Waals surface area contributed by atoms with E-state index in [4.69, 9.17) is 4.74 Å². The zero-order valence-electron chi connectivity index (χ0n) is 16.7. The first-order valence-corrected chi connectivity index (χ1v) is 10.8. The third-order valence-electron chi connectivity index (χ3n) is 5.30. The molecule has 2 aromatic carbocycles. The first-order chi connectivity index (χ1) is 14.2. The number of aromatic nitrogens is 2. The number of carbonyl (C=O) groups is 1. The number of methoxy groups -OCH3 is 1. The standard InChI is InChI=1S/C23H25N3O2S/c1-16-14-24-26(21-9-5-7-17-6-3-4-8-20(17)21)23(16)25-22(27)15-29-19-12-10-18(28-2)11-13-19/h3-4,6,8,10-14,21H,5,7,9,15H2,1-2H3,(H,25,27). The number of aryl methyl sites for hydroxylation is 2. The van der Waals surface area contributed by atoms with Crippen molar-refractivity contribution in [1.82, 2.24) is 9.78 Å². The zero-order valence-corrected chi connectivity index (χ0v) is 17.5. The summed E-state index contributed by atoms with van der Waals surface area (Å²) >= 11 is 1.51. The molecule has 6 heteroatoms. The molecule has 29 heavy (non-hydrogen) atoms. The fourth-order valence-corrected chi connectivity index (χ4v) is 4.51. The molecule has 0 saturated carbocycles. The summed E-state index contributed by atoms with van der Waals surface area (Å²) in [6, 6.07) is 16.4. The topological polar surface area (TPSA) is 56.1 Å². The number of hydrogen-bond donors (Lipinski definition) is 1. The van der Waals surface area contributed by atoms with Gasteiger partial charge in [0.1, 0.15) is 11.6 Å². The van der Waals surface area contributed by atoms with Crippen molar-refractivity contribution in [2.45, 2.75) is 37.1 Å². The van der Waals surface area contributed by atoms with Gasteiger partial charge in [0.05, 0.1) is 25.1 Å². The Morgan fingerprint density at radius 1 is 1.24 bits per heavy atom. The van der Waals surface area contributed by atoms with E-state index in [-0.39, 0.29) is 11.9 Å². The number of nitrogens with zero attached hydrogens (tertiary/aromatic N) is 2. The Morgan fingerprint density at radius 3 is 2.83 bits per heavy atom. The van der Waals surface area contributed by atoms with E-state index in [1.165, 1.54) is 22.9 Å². The lowest BCUT2D eigenvalue weighted by atomic mass is 9.88. The molecular formula is C23H25N3O2S. The maximum absolute atomic E-state index is 12.6. The minimum absolute atomic E-state index is 0.0280. The highest BCUT2D eigenvalue weighted by molar-refractivity contribution is 8.00. The number of rotatable bonds is 6. The van der Waals surface area contributed by atoms with Gasteiger partial charge in [0, 0.05) is 10.5 Å². The number of fused-ring (bicyclic) bond motifs is 1. The van der Waals surface area contributed by atoms with Gasteiger partial charge in [0.15, 0.2) is 0 Å². The van der Waals surface area contributed by atoms with Gasteiger partial charge in [-0.15, -0.1) is 11.8 Å². The predicted octanol–water partition coefficient (Wildman–Crippen LogP) is 4.86. The van der Waals surface area contributed by atoms with Crippen molar-refractivity contribution >= 4 is 23.5 Å². The van der Waals surface area contributed by atoms with E-state index >= 15 is 0 Å². The van der Waals surface area contributed by atoms with Gasteiger partial charge in [0.25, 0.3) is 0 Å². The molecule has 1 aliphatic rings. The number of anilines is 1. The highest BCUT2D eigenvalue weighted by Crippen LogP contribution is 2.35. The third kappa shape index (κ3) is 4.32. The van der Waals surface area contributed by atoms with Crippen molar-refractivity contribution in [3.8, 4) is 5.75 Å².